The van der Waals surface area contributed by atoms with Crippen LogP contribution in [0.25, 0.3) is 0 Å². The number of carbonyl (C=O) groups is 1. The van der Waals surface area contributed by atoms with Gasteiger partial charge in [0.05, 0.1) is 0 Å². The quantitative estimate of drug-likeness (QED) is 0.751. The van der Waals surface area contributed by atoms with Crippen LogP contribution in [0.1, 0.15) is 51.9 Å². The van der Waals surface area contributed by atoms with Crippen LogP contribution >= 0.6 is 0 Å². The molecule has 1 heterocycles. The first-order chi connectivity index (χ1) is 7.77. The van der Waals surface area contributed by atoms with Crippen LogP contribution in [0.5, 0.6) is 0 Å². The lowest BCUT2D eigenvalue weighted by molar-refractivity contribution is -0.123. The highest BCUT2D eigenvalue weighted by atomic mass is 16.1. The molecule has 1 unspecified atom stereocenters. The van der Waals surface area contributed by atoms with Crippen molar-refractivity contribution in [1.29, 1.82) is 0 Å². The van der Waals surface area contributed by atoms with Crippen molar-refractivity contribution in [2.75, 3.05) is 13.1 Å². The number of amides is 1. The molecule has 92 valence electrons. The summed E-state index contributed by atoms with van der Waals surface area (Å²) in [5.41, 5.74) is 0.411. The van der Waals surface area contributed by atoms with Crippen molar-refractivity contribution in [3.63, 3.8) is 0 Å². The Labute approximate surface area is 98.4 Å². The maximum atomic E-state index is 11.6. The molecule has 0 aromatic carbocycles. The van der Waals surface area contributed by atoms with Crippen LogP contribution in [0.4, 0.5) is 0 Å². The third kappa shape index (κ3) is 2.40. The zero-order valence-electron chi connectivity index (χ0n) is 10.3. The van der Waals surface area contributed by atoms with E-state index in [1.165, 1.54) is 38.5 Å². The summed E-state index contributed by atoms with van der Waals surface area (Å²) in [6.07, 6.45) is 8.21. The minimum absolute atomic E-state index is 0.227. The van der Waals surface area contributed by atoms with Crippen molar-refractivity contribution in [3.05, 3.63) is 0 Å². The van der Waals surface area contributed by atoms with Gasteiger partial charge in [-0.3, -0.25) is 4.79 Å². The summed E-state index contributed by atoms with van der Waals surface area (Å²) in [5, 5.41) is 6.69. The lowest BCUT2D eigenvalue weighted by atomic mass is 9.65. The van der Waals surface area contributed by atoms with E-state index in [4.69, 9.17) is 0 Å². The van der Waals surface area contributed by atoms with Crippen molar-refractivity contribution >= 4 is 5.91 Å². The molecule has 0 aromatic rings. The van der Waals surface area contributed by atoms with Crippen molar-refractivity contribution in [3.8, 4) is 0 Å². The molecule has 1 aliphatic heterocycles. The van der Waals surface area contributed by atoms with E-state index < -0.39 is 0 Å². The van der Waals surface area contributed by atoms with Gasteiger partial charge in [-0.15, -0.1) is 0 Å². The van der Waals surface area contributed by atoms with Crippen LogP contribution in [0, 0.1) is 5.41 Å². The van der Waals surface area contributed by atoms with Gasteiger partial charge in [-0.25, -0.2) is 0 Å². The van der Waals surface area contributed by atoms with Gasteiger partial charge in [0.2, 0.25) is 5.91 Å². The number of rotatable bonds is 2. The molecule has 1 aliphatic carbocycles. The number of carbonyl (C=O) groups excluding carboxylic acids is 1. The monoisotopic (exact) mass is 224 g/mol. The molecule has 0 bridgehead atoms. The topological polar surface area (TPSA) is 41.1 Å². The summed E-state index contributed by atoms with van der Waals surface area (Å²) in [6.45, 7) is 4.18. The summed E-state index contributed by atoms with van der Waals surface area (Å²) < 4.78 is 0. The fourth-order valence-corrected chi connectivity index (χ4v) is 3.35. The fourth-order valence-electron chi connectivity index (χ4n) is 3.35. The first-order valence-corrected chi connectivity index (χ1v) is 6.77. The zero-order chi connectivity index (χ0) is 11.4. The summed E-state index contributed by atoms with van der Waals surface area (Å²) in [5.74, 6) is 0.227. The van der Waals surface area contributed by atoms with Gasteiger partial charge in [-0.2, -0.15) is 0 Å². The predicted octanol–water partition coefficient (Wildman–Crippen LogP) is 1.82. The number of hydrogen-bond acceptors (Lipinski definition) is 2. The summed E-state index contributed by atoms with van der Waals surface area (Å²) in [7, 11) is 0. The zero-order valence-corrected chi connectivity index (χ0v) is 10.3. The maximum Gasteiger partial charge on any atom is 0.219 e. The molecular formula is C13H24N2O. The average Bonchev–Trinajstić information content (AvgIpc) is 2.33. The molecule has 1 amide bonds. The molecule has 0 radical (unpaired) electrons. The molecule has 2 aliphatic rings. The van der Waals surface area contributed by atoms with E-state index >= 15 is 0 Å². The van der Waals surface area contributed by atoms with Crippen molar-refractivity contribution in [1.82, 2.24) is 10.6 Å². The van der Waals surface area contributed by atoms with Gasteiger partial charge in [0, 0.05) is 12.5 Å². The smallest absolute Gasteiger partial charge is 0.219 e. The maximum absolute atomic E-state index is 11.6. The summed E-state index contributed by atoms with van der Waals surface area (Å²) >= 11 is 0. The third-order valence-corrected chi connectivity index (χ3v) is 4.41. The lowest BCUT2D eigenvalue weighted by Gasteiger charge is -2.47. The molecule has 1 atom stereocenters. The van der Waals surface area contributed by atoms with Gasteiger partial charge in [-0.05, 0) is 44.2 Å². The molecule has 2 rings (SSSR count). The minimum atomic E-state index is 0.227. The van der Waals surface area contributed by atoms with Crippen LogP contribution < -0.4 is 10.6 Å². The second-order valence-corrected chi connectivity index (χ2v) is 5.33. The van der Waals surface area contributed by atoms with Crippen LogP contribution in [-0.4, -0.2) is 25.0 Å². The lowest BCUT2D eigenvalue weighted by Crippen LogP contribution is -2.53. The fraction of sp³-hybridized carbons (Fsp3) is 0.923. The molecule has 0 aromatic heterocycles. The standard InChI is InChI=1S/C13H24N2O/c1-2-12(16)15-11-5-3-4-6-13(11)7-9-14-10-8-13/h11,14H,2-10H2,1H3,(H,15,16). The first-order valence-electron chi connectivity index (χ1n) is 6.77. The van der Waals surface area contributed by atoms with Crippen LogP contribution in [-0.2, 0) is 4.79 Å². The van der Waals surface area contributed by atoms with E-state index in [2.05, 4.69) is 10.6 Å². The Morgan fingerprint density at radius 2 is 2.06 bits per heavy atom. The Kier molecular flexibility index (Phi) is 3.85. The van der Waals surface area contributed by atoms with Crippen LogP contribution in [0.3, 0.4) is 0 Å². The Hall–Kier alpha value is -0.570. The average molecular weight is 224 g/mol. The number of nitrogens with one attached hydrogen (secondary N) is 2. The van der Waals surface area contributed by atoms with Gasteiger partial charge in [0.25, 0.3) is 0 Å². The SMILES string of the molecule is CCC(=O)NC1CCCCC12CCNCC2. The van der Waals surface area contributed by atoms with Crippen molar-refractivity contribution in [2.45, 2.75) is 57.9 Å². The minimum Gasteiger partial charge on any atom is -0.353 e. The van der Waals surface area contributed by atoms with Gasteiger partial charge in [0.1, 0.15) is 0 Å². The van der Waals surface area contributed by atoms with Gasteiger partial charge in [0.15, 0.2) is 0 Å². The highest BCUT2D eigenvalue weighted by Crippen LogP contribution is 2.43. The second kappa shape index (κ2) is 5.17. The Balaban J connectivity index is 2.03. The van der Waals surface area contributed by atoms with E-state index in [-0.39, 0.29) is 5.91 Å². The number of hydrogen-bond donors (Lipinski definition) is 2. The van der Waals surface area contributed by atoms with E-state index in [1.807, 2.05) is 6.92 Å². The van der Waals surface area contributed by atoms with Crippen LogP contribution in [0.2, 0.25) is 0 Å². The highest BCUT2D eigenvalue weighted by molar-refractivity contribution is 5.75. The molecule has 2 fully saturated rings. The molecule has 1 spiro atoms. The van der Waals surface area contributed by atoms with Gasteiger partial charge in [-0.1, -0.05) is 19.8 Å². The van der Waals surface area contributed by atoms with Crippen molar-refractivity contribution < 1.29 is 4.79 Å². The van der Waals surface area contributed by atoms with E-state index in [1.54, 1.807) is 0 Å². The summed E-state index contributed by atoms with van der Waals surface area (Å²) in [4.78, 5) is 11.6. The van der Waals surface area contributed by atoms with Crippen LogP contribution in [0.15, 0.2) is 0 Å². The largest absolute Gasteiger partial charge is 0.353 e. The molecule has 1 saturated heterocycles. The predicted molar refractivity (Wildman–Crippen MR) is 65.2 cm³/mol. The molecule has 2 N–H and O–H groups in total. The second-order valence-electron chi connectivity index (χ2n) is 5.33. The molecule has 3 nitrogen and oxygen atoms in total. The molecular weight excluding hydrogens is 200 g/mol. The molecule has 16 heavy (non-hydrogen) atoms. The van der Waals surface area contributed by atoms with Gasteiger partial charge >= 0.3 is 0 Å². The highest BCUT2D eigenvalue weighted by Gasteiger charge is 2.41. The summed E-state index contributed by atoms with van der Waals surface area (Å²) in [6, 6.07) is 0.441. The Bertz CT molecular complexity index is 238. The first kappa shape index (κ1) is 11.9. The van der Waals surface area contributed by atoms with Crippen molar-refractivity contribution in [2.24, 2.45) is 5.41 Å². The third-order valence-electron chi connectivity index (χ3n) is 4.41. The van der Waals surface area contributed by atoms with E-state index in [0.717, 1.165) is 13.1 Å². The Morgan fingerprint density at radius 1 is 1.31 bits per heavy atom. The molecule has 3 heteroatoms. The number of piperidine rings is 1. The normalized spacial score (nSPS) is 28.9. The van der Waals surface area contributed by atoms with E-state index in [0.29, 0.717) is 17.9 Å². The van der Waals surface area contributed by atoms with E-state index in [9.17, 15) is 4.79 Å². The Morgan fingerprint density at radius 3 is 2.75 bits per heavy atom. The van der Waals surface area contributed by atoms with Gasteiger partial charge < -0.3 is 10.6 Å². The molecule has 1 saturated carbocycles.